The Labute approximate surface area is 143 Å². The lowest BCUT2D eigenvalue weighted by Crippen LogP contribution is -1.98. The van der Waals surface area contributed by atoms with Crippen LogP contribution < -0.4 is 0 Å². The zero-order chi connectivity index (χ0) is 17.0. The summed E-state index contributed by atoms with van der Waals surface area (Å²) in [5.41, 5.74) is 0. The molecule has 0 spiro atoms. The quantitative estimate of drug-likeness (QED) is 0.195. The Balaban J connectivity index is 3.33. The minimum atomic E-state index is -0.119. The van der Waals surface area contributed by atoms with Gasteiger partial charge in [0.15, 0.2) is 0 Å². The van der Waals surface area contributed by atoms with Gasteiger partial charge in [0.1, 0.15) is 0 Å². The van der Waals surface area contributed by atoms with Gasteiger partial charge in [0.2, 0.25) is 0 Å². The first kappa shape index (κ1) is 21.7. The van der Waals surface area contributed by atoms with Crippen LogP contribution in [0.1, 0.15) is 84.0 Å². The second-order valence-electron chi connectivity index (χ2n) is 5.91. The first-order chi connectivity index (χ1) is 11.3. The molecule has 0 atom stereocenters. The second-order valence-corrected chi connectivity index (χ2v) is 5.91. The van der Waals surface area contributed by atoms with E-state index in [0.717, 1.165) is 25.7 Å². The number of unbranched alkanes of at least 4 members (excludes halogenated alkanes) is 7. The van der Waals surface area contributed by atoms with E-state index in [-0.39, 0.29) is 5.97 Å². The van der Waals surface area contributed by atoms with Crippen molar-refractivity contribution in [1.82, 2.24) is 0 Å². The molecule has 0 saturated heterocycles. The van der Waals surface area contributed by atoms with E-state index in [1.165, 1.54) is 52.1 Å². The monoisotopic (exact) mass is 320 g/mol. The van der Waals surface area contributed by atoms with E-state index >= 15 is 0 Å². The van der Waals surface area contributed by atoms with Crippen LogP contribution in [0.5, 0.6) is 0 Å². The SMILES string of the molecule is CCCCCCCC/C=C/C/C=C/C/C=C/CCCC(=O)OC. The molecule has 0 N–H and O–H groups in total. The van der Waals surface area contributed by atoms with Gasteiger partial charge in [0.25, 0.3) is 0 Å². The van der Waals surface area contributed by atoms with Gasteiger partial charge < -0.3 is 4.74 Å². The zero-order valence-corrected chi connectivity index (χ0v) is 15.3. The standard InChI is InChI=1S/C21H36O2/c1-3-4-5-6-7-8-9-10-11-12-13-14-15-16-17-18-19-20-21(22)23-2/h10-11,13-14,16-17H,3-9,12,15,18-20H2,1-2H3/b11-10+,14-13+,17-16+. The van der Waals surface area contributed by atoms with Crippen LogP contribution in [0.2, 0.25) is 0 Å². The molecule has 0 saturated carbocycles. The summed E-state index contributed by atoms with van der Waals surface area (Å²) in [6.45, 7) is 2.26. The average molecular weight is 321 g/mol. The predicted molar refractivity (Wildman–Crippen MR) is 101 cm³/mol. The molecule has 0 aliphatic rings. The molecule has 132 valence electrons. The van der Waals surface area contributed by atoms with Crippen molar-refractivity contribution in [3.63, 3.8) is 0 Å². The van der Waals surface area contributed by atoms with Crippen molar-refractivity contribution in [3.8, 4) is 0 Å². The van der Waals surface area contributed by atoms with Gasteiger partial charge in [-0.15, -0.1) is 0 Å². The molecular weight excluding hydrogens is 284 g/mol. The molecule has 23 heavy (non-hydrogen) atoms. The largest absolute Gasteiger partial charge is 0.469 e. The van der Waals surface area contributed by atoms with Crippen molar-refractivity contribution in [2.24, 2.45) is 0 Å². The number of esters is 1. The summed E-state index contributed by atoms with van der Waals surface area (Å²) < 4.78 is 4.60. The van der Waals surface area contributed by atoms with Crippen LogP contribution >= 0.6 is 0 Å². The Hall–Kier alpha value is -1.31. The van der Waals surface area contributed by atoms with Crippen molar-refractivity contribution in [2.45, 2.75) is 84.0 Å². The fourth-order valence-corrected chi connectivity index (χ4v) is 2.29. The molecule has 0 radical (unpaired) electrons. The summed E-state index contributed by atoms with van der Waals surface area (Å²) >= 11 is 0. The van der Waals surface area contributed by atoms with Crippen molar-refractivity contribution in [3.05, 3.63) is 36.5 Å². The molecule has 0 aliphatic heterocycles. The molecule has 0 aromatic heterocycles. The summed E-state index contributed by atoms with van der Waals surface area (Å²) in [7, 11) is 1.44. The van der Waals surface area contributed by atoms with Gasteiger partial charge in [-0.25, -0.2) is 0 Å². The van der Waals surface area contributed by atoms with Gasteiger partial charge in [-0.05, 0) is 38.5 Å². The van der Waals surface area contributed by atoms with Gasteiger partial charge in [-0.3, -0.25) is 4.79 Å². The number of carbonyl (C=O) groups is 1. The van der Waals surface area contributed by atoms with Crippen molar-refractivity contribution in [2.75, 3.05) is 7.11 Å². The third-order valence-corrected chi connectivity index (χ3v) is 3.75. The maximum absolute atomic E-state index is 10.9. The highest BCUT2D eigenvalue weighted by atomic mass is 16.5. The molecule has 0 aromatic rings. The zero-order valence-electron chi connectivity index (χ0n) is 15.3. The smallest absolute Gasteiger partial charge is 0.305 e. The van der Waals surface area contributed by atoms with Gasteiger partial charge in [-0.1, -0.05) is 75.5 Å². The van der Waals surface area contributed by atoms with Crippen LogP contribution in [-0.2, 0) is 9.53 Å². The fourth-order valence-electron chi connectivity index (χ4n) is 2.29. The van der Waals surface area contributed by atoms with E-state index in [9.17, 15) is 4.79 Å². The molecule has 0 aliphatic carbocycles. The highest BCUT2D eigenvalue weighted by Gasteiger charge is 1.96. The minimum absolute atomic E-state index is 0.119. The lowest BCUT2D eigenvalue weighted by Gasteiger charge is -1.97. The minimum Gasteiger partial charge on any atom is -0.469 e. The average Bonchev–Trinajstić information content (AvgIpc) is 2.57. The Morgan fingerprint density at radius 1 is 0.739 bits per heavy atom. The highest BCUT2D eigenvalue weighted by Crippen LogP contribution is 2.07. The summed E-state index contributed by atoms with van der Waals surface area (Å²) in [6, 6.07) is 0. The highest BCUT2D eigenvalue weighted by molar-refractivity contribution is 5.68. The normalized spacial score (nSPS) is 11.9. The predicted octanol–water partition coefficient (Wildman–Crippen LogP) is 6.53. The molecule has 0 unspecified atom stereocenters. The van der Waals surface area contributed by atoms with Crippen molar-refractivity contribution < 1.29 is 9.53 Å². The lowest BCUT2D eigenvalue weighted by atomic mass is 10.1. The van der Waals surface area contributed by atoms with Crippen molar-refractivity contribution in [1.29, 1.82) is 0 Å². The number of hydrogen-bond donors (Lipinski definition) is 0. The van der Waals surface area contributed by atoms with Crippen molar-refractivity contribution >= 4 is 5.97 Å². The van der Waals surface area contributed by atoms with Crippen LogP contribution in [0, 0.1) is 0 Å². The van der Waals surface area contributed by atoms with Crippen LogP contribution in [0.15, 0.2) is 36.5 Å². The molecule has 0 bridgehead atoms. The third kappa shape index (κ3) is 18.6. The van der Waals surface area contributed by atoms with Gasteiger partial charge in [0.05, 0.1) is 7.11 Å². The van der Waals surface area contributed by atoms with E-state index in [1.807, 2.05) is 0 Å². The van der Waals surface area contributed by atoms with Crippen LogP contribution in [-0.4, -0.2) is 13.1 Å². The Morgan fingerprint density at radius 3 is 1.87 bits per heavy atom. The maximum atomic E-state index is 10.9. The number of methoxy groups -OCH3 is 1. The maximum Gasteiger partial charge on any atom is 0.305 e. The number of ether oxygens (including phenoxy) is 1. The molecular formula is C21H36O2. The molecule has 2 nitrogen and oxygen atoms in total. The van der Waals surface area contributed by atoms with Crippen LogP contribution in [0.4, 0.5) is 0 Å². The van der Waals surface area contributed by atoms with E-state index in [4.69, 9.17) is 0 Å². The van der Waals surface area contributed by atoms with E-state index in [0.29, 0.717) is 6.42 Å². The van der Waals surface area contributed by atoms with Gasteiger partial charge >= 0.3 is 5.97 Å². The summed E-state index contributed by atoms with van der Waals surface area (Å²) in [5.74, 6) is -0.119. The number of hydrogen-bond acceptors (Lipinski definition) is 2. The third-order valence-electron chi connectivity index (χ3n) is 3.75. The number of rotatable bonds is 15. The molecule has 0 aromatic carbocycles. The van der Waals surface area contributed by atoms with E-state index in [2.05, 4.69) is 48.1 Å². The summed E-state index contributed by atoms with van der Waals surface area (Å²) in [4.78, 5) is 10.9. The molecule has 0 amide bonds. The summed E-state index contributed by atoms with van der Waals surface area (Å²) in [6.07, 6.45) is 27.1. The fraction of sp³-hybridized carbons (Fsp3) is 0.667. The first-order valence-corrected chi connectivity index (χ1v) is 9.33. The Morgan fingerprint density at radius 2 is 1.26 bits per heavy atom. The molecule has 0 fully saturated rings. The van der Waals surface area contributed by atoms with Crippen LogP contribution in [0.3, 0.4) is 0 Å². The second kappa shape index (κ2) is 18.7. The topological polar surface area (TPSA) is 26.3 Å². The van der Waals surface area contributed by atoms with E-state index < -0.39 is 0 Å². The summed E-state index contributed by atoms with van der Waals surface area (Å²) in [5, 5.41) is 0. The van der Waals surface area contributed by atoms with Gasteiger partial charge in [-0.2, -0.15) is 0 Å². The Kier molecular flexibility index (Phi) is 17.7. The molecule has 0 heterocycles. The Bertz CT molecular complexity index is 340. The molecule has 0 rings (SSSR count). The number of allylic oxidation sites excluding steroid dienone is 6. The lowest BCUT2D eigenvalue weighted by molar-refractivity contribution is -0.140. The van der Waals surface area contributed by atoms with E-state index in [1.54, 1.807) is 0 Å². The first-order valence-electron chi connectivity index (χ1n) is 9.33. The van der Waals surface area contributed by atoms with Gasteiger partial charge in [0, 0.05) is 6.42 Å². The molecule has 2 heteroatoms. The van der Waals surface area contributed by atoms with Crippen LogP contribution in [0.25, 0.3) is 0 Å². The number of carbonyl (C=O) groups excluding carboxylic acids is 1.